The Bertz CT molecular complexity index is 734. The molecule has 120 valence electrons. The second-order valence-corrected chi connectivity index (χ2v) is 6.53. The molecule has 0 saturated heterocycles. The average Bonchev–Trinajstić information content (AvgIpc) is 3.28. The molecule has 23 heavy (non-hydrogen) atoms. The van der Waals surface area contributed by atoms with Gasteiger partial charge in [0.2, 0.25) is 0 Å². The Hall–Kier alpha value is -2.36. The van der Waals surface area contributed by atoms with Crippen LogP contribution in [0.2, 0.25) is 0 Å². The number of amides is 1. The summed E-state index contributed by atoms with van der Waals surface area (Å²) in [5.74, 6) is 0.267. The fourth-order valence-corrected chi connectivity index (χ4v) is 2.49. The van der Waals surface area contributed by atoms with E-state index < -0.39 is 0 Å². The van der Waals surface area contributed by atoms with Crippen LogP contribution in [-0.4, -0.2) is 24.9 Å². The van der Waals surface area contributed by atoms with Crippen molar-refractivity contribution >= 4 is 5.91 Å². The third-order valence-corrected chi connectivity index (χ3v) is 4.36. The molecule has 3 nitrogen and oxygen atoms in total. The van der Waals surface area contributed by atoms with Crippen LogP contribution in [0.3, 0.4) is 0 Å². The number of benzene rings is 2. The Morgan fingerprint density at radius 3 is 2.30 bits per heavy atom. The number of hydrogen-bond donors (Lipinski definition) is 0. The summed E-state index contributed by atoms with van der Waals surface area (Å²) in [6.07, 6.45) is 2.21. The van der Waals surface area contributed by atoms with Gasteiger partial charge in [0.05, 0.1) is 0 Å². The van der Waals surface area contributed by atoms with Gasteiger partial charge in [-0.05, 0) is 60.2 Å². The molecule has 1 aliphatic carbocycles. The zero-order chi connectivity index (χ0) is 16.6. The highest BCUT2D eigenvalue weighted by molar-refractivity contribution is 5.93. The molecule has 0 aromatic heterocycles. The second kappa shape index (κ2) is 5.69. The number of rotatable bonds is 4. The molecule has 1 saturated carbocycles. The van der Waals surface area contributed by atoms with Crippen LogP contribution in [0, 0.1) is 5.82 Å². The van der Waals surface area contributed by atoms with Crippen molar-refractivity contribution in [2.45, 2.75) is 25.2 Å². The molecule has 0 atom stereocenters. The van der Waals surface area contributed by atoms with Crippen LogP contribution >= 0.6 is 0 Å². The Kier molecular flexibility index (Phi) is 3.84. The van der Waals surface area contributed by atoms with Crippen LogP contribution in [0.1, 0.15) is 35.7 Å². The summed E-state index contributed by atoms with van der Waals surface area (Å²) in [5, 5.41) is 0. The first-order valence-electron chi connectivity index (χ1n) is 7.69. The van der Waals surface area contributed by atoms with Crippen molar-refractivity contribution < 1.29 is 13.9 Å². The maximum atomic E-state index is 14.2. The van der Waals surface area contributed by atoms with E-state index >= 15 is 0 Å². The van der Waals surface area contributed by atoms with E-state index in [4.69, 9.17) is 4.74 Å². The van der Waals surface area contributed by atoms with E-state index in [2.05, 4.69) is 6.92 Å². The lowest BCUT2D eigenvalue weighted by atomic mass is 9.98. The van der Waals surface area contributed by atoms with Crippen molar-refractivity contribution in [1.29, 1.82) is 0 Å². The van der Waals surface area contributed by atoms with Crippen LogP contribution in [0.15, 0.2) is 42.5 Å². The van der Waals surface area contributed by atoms with Gasteiger partial charge in [0.25, 0.3) is 5.91 Å². The Morgan fingerprint density at radius 1 is 1.13 bits per heavy atom. The summed E-state index contributed by atoms with van der Waals surface area (Å²) in [5.41, 5.74) is 1.72. The first kappa shape index (κ1) is 15.5. The predicted molar refractivity (Wildman–Crippen MR) is 87.5 cm³/mol. The fourth-order valence-electron chi connectivity index (χ4n) is 2.49. The first-order chi connectivity index (χ1) is 10.9. The molecule has 1 fully saturated rings. The van der Waals surface area contributed by atoms with Gasteiger partial charge in [-0.3, -0.25) is 4.79 Å². The standard InChI is InChI=1S/C19H20FNO2/c1-19(10-11-19)14-6-9-17(16(20)12-14)23-15-7-4-13(5-8-15)18(22)21(2)3/h4-9,12H,10-11H2,1-3H3. The molecule has 4 heteroatoms. The number of nitrogens with zero attached hydrogens (tertiary/aromatic N) is 1. The van der Waals surface area contributed by atoms with Crippen molar-refractivity contribution in [3.63, 3.8) is 0 Å². The van der Waals surface area contributed by atoms with Crippen LogP contribution < -0.4 is 4.74 Å². The molecule has 2 aromatic carbocycles. The number of carbonyl (C=O) groups excluding carboxylic acids is 1. The van der Waals surface area contributed by atoms with Crippen molar-refractivity contribution in [3.05, 3.63) is 59.4 Å². The van der Waals surface area contributed by atoms with Gasteiger partial charge in [-0.15, -0.1) is 0 Å². The van der Waals surface area contributed by atoms with E-state index in [9.17, 15) is 9.18 Å². The zero-order valence-corrected chi connectivity index (χ0v) is 13.6. The van der Waals surface area contributed by atoms with Gasteiger partial charge < -0.3 is 9.64 Å². The first-order valence-corrected chi connectivity index (χ1v) is 7.69. The minimum atomic E-state index is -0.357. The molecule has 2 aromatic rings. The van der Waals surface area contributed by atoms with Gasteiger partial charge in [-0.25, -0.2) is 4.39 Å². The SMILES string of the molecule is CN(C)C(=O)c1ccc(Oc2ccc(C3(C)CC3)cc2F)cc1. The van der Waals surface area contributed by atoms with Crippen LogP contribution in [-0.2, 0) is 5.41 Å². The summed E-state index contributed by atoms with van der Waals surface area (Å²) in [4.78, 5) is 13.3. The molecular formula is C19H20FNO2. The summed E-state index contributed by atoms with van der Waals surface area (Å²) >= 11 is 0. The topological polar surface area (TPSA) is 29.5 Å². The van der Waals surface area contributed by atoms with Gasteiger partial charge >= 0.3 is 0 Å². The normalized spacial score (nSPS) is 15.1. The zero-order valence-electron chi connectivity index (χ0n) is 13.6. The molecule has 1 aliphatic rings. The van der Waals surface area contributed by atoms with Gasteiger partial charge in [-0.1, -0.05) is 13.0 Å². The monoisotopic (exact) mass is 313 g/mol. The number of hydrogen-bond acceptors (Lipinski definition) is 2. The van der Waals surface area contributed by atoms with Crippen molar-refractivity contribution in [2.24, 2.45) is 0 Å². The van der Waals surface area contributed by atoms with Crippen LogP contribution in [0.25, 0.3) is 0 Å². The maximum Gasteiger partial charge on any atom is 0.253 e. The lowest BCUT2D eigenvalue weighted by Crippen LogP contribution is -2.21. The number of carbonyl (C=O) groups is 1. The van der Waals surface area contributed by atoms with E-state index in [0.29, 0.717) is 11.3 Å². The quantitative estimate of drug-likeness (QED) is 0.839. The Morgan fingerprint density at radius 2 is 1.78 bits per heavy atom. The van der Waals surface area contributed by atoms with Gasteiger partial charge in [0, 0.05) is 19.7 Å². The number of ether oxygens (including phenoxy) is 1. The van der Waals surface area contributed by atoms with E-state index in [-0.39, 0.29) is 22.9 Å². The molecule has 0 heterocycles. The second-order valence-electron chi connectivity index (χ2n) is 6.53. The third kappa shape index (κ3) is 3.21. The summed E-state index contributed by atoms with van der Waals surface area (Å²) in [6, 6.07) is 11.9. The van der Waals surface area contributed by atoms with Crippen LogP contribution in [0.4, 0.5) is 4.39 Å². The molecule has 0 unspecified atom stereocenters. The average molecular weight is 313 g/mol. The molecule has 0 aliphatic heterocycles. The Labute approximate surface area is 135 Å². The summed E-state index contributed by atoms with van der Waals surface area (Å²) in [7, 11) is 3.40. The highest BCUT2D eigenvalue weighted by Crippen LogP contribution is 2.48. The molecule has 0 radical (unpaired) electrons. The largest absolute Gasteiger partial charge is 0.454 e. The van der Waals surface area contributed by atoms with Crippen molar-refractivity contribution in [3.8, 4) is 11.5 Å². The highest BCUT2D eigenvalue weighted by Gasteiger charge is 2.39. The molecule has 0 bridgehead atoms. The smallest absolute Gasteiger partial charge is 0.253 e. The molecule has 1 amide bonds. The lowest BCUT2D eigenvalue weighted by molar-refractivity contribution is 0.0827. The van der Waals surface area contributed by atoms with Crippen LogP contribution in [0.5, 0.6) is 11.5 Å². The van der Waals surface area contributed by atoms with Gasteiger partial charge in [0.1, 0.15) is 5.75 Å². The fraction of sp³-hybridized carbons (Fsp3) is 0.316. The Balaban J connectivity index is 1.75. The lowest BCUT2D eigenvalue weighted by Gasteiger charge is -2.13. The van der Waals surface area contributed by atoms with Gasteiger partial charge in [0.15, 0.2) is 11.6 Å². The van der Waals surface area contributed by atoms with Crippen molar-refractivity contribution in [2.75, 3.05) is 14.1 Å². The van der Waals surface area contributed by atoms with Crippen molar-refractivity contribution in [1.82, 2.24) is 4.90 Å². The summed E-state index contributed by atoms with van der Waals surface area (Å²) in [6.45, 7) is 2.14. The highest BCUT2D eigenvalue weighted by atomic mass is 19.1. The molecule has 0 N–H and O–H groups in total. The minimum absolute atomic E-state index is 0.0789. The van der Waals surface area contributed by atoms with E-state index in [1.54, 1.807) is 50.5 Å². The maximum absolute atomic E-state index is 14.2. The minimum Gasteiger partial charge on any atom is -0.454 e. The molecular weight excluding hydrogens is 293 g/mol. The summed E-state index contributed by atoms with van der Waals surface area (Å²) < 4.78 is 19.8. The van der Waals surface area contributed by atoms with Gasteiger partial charge in [-0.2, -0.15) is 0 Å². The number of halogens is 1. The third-order valence-electron chi connectivity index (χ3n) is 4.36. The predicted octanol–water partition coefficient (Wildman–Crippen LogP) is 4.37. The molecule has 0 spiro atoms. The van der Waals surface area contributed by atoms with E-state index in [1.165, 1.54) is 4.90 Å². The molecule has 3 rings (SSSR count). The van der Waals surface area contributed by atoms with E-state index in [1.807, 2.05) is 6.07 Å². The van der Waals surface area contributed by atoms with E-state index in [0.717, 1.165) is 18.4 Å².